The van der Waals surface area contributed by atoms with E-state index >= 15 is 0 Å². The van der Waals surface area contributed by atoms with Crippen molar-refractivity contribution < 1.29 is 23.8 Å². The fourth-order valence-electron chi connectivity index (χ4n) is 1.40. The summed E-state index contributed by atoms with van der Waals surface area (Å²) in [6.07, 6.45) is -0.133. The molecule has 0 aliphatic rings. The Bertz CT molecular complexity index is 484. The first-order chi connectivity index (χ1) is 9.01. The highest BCUT2D eigenvalue weighted by atomic mass is 79.9. The van der Waals surface area contributed by atoms with Gasteiger partial charge in [-0.1, -0.05) is 15.9 Å². The van der Waals surface area contributed by atoms with Crippen molar-refractivity contribution in [3.63, 3.8) is 0 Å². The minimum atomic E-state index is -0.651. The van der Waals surface area contributed by atoms with Crippen molar-refractivity contribution >= 4 is 27.9 Å². The molecule has 0 spiro atoms. The molecule has 103 valence electrons. The van der Waals surface area contributed by atoms with Gasteiger partial charge in [-0.2, -0.15) is 0 Å². The maximum absolute atomic E-state index is 11.5. The molecule has 0 unspecified atom stereocenters. The van der Waals surface area contributed by atoms with Gasteiger partial charge in [-0.25, -0.2) is 0 Å². The Kier molecular flexibility index (Phi) is 5.82. The molecule has 0 amide bonds. The van der Waals surface area contributed by atoms with Gasteiger partial charge >= 0.3 is 11.9 Å². The topological polar surface area (TPSA) is 61.8 Å². The van der Waals surface area contributed by atoms with E-state index in [1.807, 2.05) is 0 Å². The summed E-state index contributed by atoms with van der Waals surface area (Å²) in [5, 5.41) is 0. The van der Waals surface area contributed by atoms with Gasteiger partial charge in [-0.3, -0.25) is 9.59 Å². The lowest BCUT2D eigenvalue weighted by Gasteiger charge is -2.11. The molecular formula is C13H14BrO5. The predicted octanol–water partition coefficient (Wildman–Crippen LogP) is 2.30. The van der Waals surface area contributed by atoms with E-state index in [0.717, 1.165) is 0 Å². The minimum Gasteiger partial charge on any atom is -0.493 e. The third-order valence-electron chi connectivity index (χ3n) is 2.32. The lowest BCUT2D eigenvalue weighted by molar-refractivity contribution is -0.158. The van der Waals surface area contributed by atoms with Crippen LogP contribution in [-0.2, 0) is 20.7 Å². The molecule has 0 aliphatic carbocycles. The summed E-state index contributed by atoms with van der Waals surface area (Å²) in [6, 6.07) is 3.34. The molecule has 5 nitrogen and oxygen atoms in total. The molecule has 0 aliphatic heterocycles. The molecule has 1 aromatic carbocycles. The standard InChI is InChI=1S/C13H14BrO5/c1-4-12(15)19-13(16)6-8-5-10(17-2)11(18-3)7-9(8)14/h5,7H,1,4,6H2,2-3H3. The van der Waals surface area contributed by atoms with Gasteiger partial charge in [0.15, 0.2) is 11.5 Å². The third kappa shape index (κ3) is 4.24. The number of hydrogen-bond donors (Lipinski definition) is 0. The van der Waals surface area contributed by atoms with Gasteiger partial charge in [0.25, 0.3) is 0 Å². The van der Waals surface area contributed by atoms with Gasteiger partial charge in [0.1, 0.15) is 0 Å². The van der Waals surface area contributed by atoms with E-state index in [-0.39, 0.29) is 12.8 Å². The van der Waals surface area contributed by atoms with Crippen molar-refractivity contribution in [3.8, 4) is 11.5 Å². The highest BCUT2D eigenvalue weighted by Crippen LogP contribution is 2.33. The summed E-state index contributed by atoms with van der Waals surface area (Å²) in [4.78, 5) is 22.5. The molecule has 1 radical (unpaired) electrons. The van der Waals surface area contributed by atoms with Gasteiger partial charge in [-0.15, -0.1) is 0 Å². The van der Waals surface area contributed by atoms with Crippen molar-refractivity contribution in [1.29, 1.82) is 0 Å². The molecule has 1 rings (SSSR count). The van der Waals surface area contributed by atoms with Crippen LogP contribution in [-0.4, -0.2) is 26.2 Å². The maximum Gasteiger partial charge on any atom is 0.317 e. The van der Waals surface area contributed by atoms with E-state index < -0.39 is 11.9 Å². The lowest BCUT2D eigenvalue weighted by atomic mass is 10.1. The summed E-state index contributed by atoms with van der Waals surface area (Å²) in [6.45, 7) is 3.34. The summed E-state index contributed by atoms with van der Waals surface area (Å²) in [7, 11) is 3.02. The Balaban J connectivity index is 2.89. The Hall–Kier alpha value is -1.56. The van der Waals surface area contributed by atoms with Crippen LogP contribution in [0.25, 0.3) is 0 Å². The molecule has 0 aromatic heterocycles. The molecule has 0 bridgehead atoms. The quantitative estimate of drug-likeness (QED) is 0.612. The highest BCUT2D eigenvalue weighted by molar-refractivity contribution is 9.10. The van der Waals surface area contributed by atoms with E-state index in [2.05, 4.69) is 27.6 Å². The van der Waals surface area contributed by atoms with E-state index in [9.17, 15) is 9.59 Å². The zero-order chi connectivity index (χ0) is 14.4. The van der Waals surface area contributed by atoms with Gasteiger partial charge in [-0.05, 0) is 24.6 Å². The maximum atomic E-state index is 11.5. The Morgan fingerprint density at radius 3 is 2.26 bits per heavy atom. The summed E-state index contributed by atoms with van der Waals surface area (Å²) in [5.74, 6) is -0.250. The average Bonchev–Trinajstić information content (AvgIpc) is 2.40. The van der Waals surface area contributed by atoms with Crippen molar-refractivity contribution in [2.24, 2.45) is 0 Å². The van der Waals surface area contributed by atoms with Crippen LogP contribution in [0.15, 0.2) is 16.6 Å². The van der Waals surface area contributed by atoms with E-state index in [1.165, 1.54) is 14.2 Å². The lowest BCUT2D eigenvalue weighted by Crippen LogP contribution is -2.13. The normalized spacial score (nSPS) is 9.89. The number of ether oxygens (including phenoxy) is 3. The molecule has 0 saturated carbocycles. The number of carbonyl (C=O) groups excluding carboxylic acids is 2. The molecule has 19 heavy (non-hydrogen) atoms. The fourth-order valence-corrected chi connectivity index (χ4v) is 1.86. The summed E-state index contributed by atoms with van der Waals surface area (Å²) >= 11 is 3.32. The number of methoxy groups -OCH3 is 2. The van der Waals surface area contributed by atoms with Crippen molar-refractivity contribution in [1.82, 2.24) is 0 Å². The first-order valence-corrected chi connectivity index (χ1v) is 6.24. The monoisotopic (exact) mass is 329 g/mol. The Morgan fingerprint density at radius 1 is 1.16 bits per heavy atom. The zero-order valence-corrected chi connectivity index (χ0v) is 12.3. The van der Waals surface area contributed by atoms with Gasteiger partial charge in [0.05, 0.1) is 20.6 Å². The van der Waals surface area contributed by atoms with E-state index in [0.29, 0.717) is 21.5 Å². The van der Waals surface area contributed by atoms with Crippen LogP contribution in [0.4, 0.5) is 0 Å². The molecule has 0 N–H and O–H groups in total. The second-order valence-corrected chi connectivity index (χ2v) is 4.43. The van der Waals surface area contributed by atoms with E-state index in [1.54, 1.807) is 12.1 Å². The van der Waals surface area contributed by atoms with Crippen LogP contribution in [0, 0.1) is 6.92 Å². The summed E-state index contributed by atoms with van der Waals surface area (Å²) in [5.41, 5.74) is 0.638. The van der Waals surface area contributed by atoms with Crippen LogP contribution < -0.4 is 9.47 Å². The van der Waals surface area contributed by atoms with E-state index in [4.69, 9.17) is 9.47 Å². The molecule has 1 aromatic rings. The highest BCUT2D eigenvalue weighted by Gasteiger charge is 2.15. The van der Waals surface area contributed by atoms with Gasteiger partial charge in [0.2, 0.25) is 0 Å². The predicted molar refractivity (Wildman–Crippen MR) is 72.0 cm³/mol. The number of halogens is 1. The largest absolute Gasteiger partial charge is 0.493 e. The first kappa shape index (κ1) is 15.5. The van der Waals surface area contributed by atoms with Crippen LogP contribution in [0.3, 0.4) is 0 Å². The second kappa shape index (κ2) is 7.13. The number of hydrogen-bond acceptors (Lipinski definition) is 5. The molecule has 6 heteroatoms. The van der Waals surface area contributed by atoms with Gasteiger partial charge in [0, 0.05) is 10.9 Å². The van der Waals surface area contributed by atoms with Crippen molar-refractivity contribution in [3.05, 3.63) is 29.1 Å². The van der Waals surface area contributed by atoms with Gasteiger partial charge < -0.3 is 14.2 Å². The van der Waals surface area contributed by atoms with Crippen LogP contribution >= 0.6 is 15.9 Å². The first-order valence-electron chi connectivity index (χ1n) is 5.45. The Labute approximate surface area is 120 Å². The smallest absolute Gasteiger partial charge is 0.317 e. The fraction of sp³-hybridized carbons (Fsp3) is 0.308. The number of esters is 2. The molecule has 0 heterocycles. The zero-order valence-electron chi connectivity index (χ0n) is 10.7. The molecule has 0 saturated heterocycles. The molecular weight excluding hydrogens is 316 g/mol. The third-order valence-corrected chi connectivity index (χ3v) is 3.06. The number of rotatable bonds is 5. The van der Waals surface area contributed by atoms with Crippen LogP contribution in [0.1, 0.15) is 12.0 Å². The van der Waals surface area contributed by atoms with Crippen molar-refractivity contribution in [2.75, 3.05) is 14.2 Å². The summed E-state index contributed by atoms with van der Waals surface area (Å²) < 4.78 is 15.5. The average molecular weight is 330 g/mol. The van der Waals surface area contributed by atoms with Crippen LogP contribution in [0.5, 0.6) is 11.5 Å². The SMILES string of the molecule is [CH2]CC(=O)OC(=O)Cc1cc(OC)c(OC)cc1Br. The molecule has 0 atom stereocenters. The minimum absolute atomic E-state index is 0.0489. The second-order valence-electron chi connectivity index (χ2n) is 3.57. The van der Waals surface area contributed by atoms with Crippen LogP contribution in [0.2, 0.25) is 0 Å². The number of carbonyl (C=O) groups is 2. The van der Waals surface area contributed by atoms with Crippen molar-refractivity contribution in [2.45, 2.75) is 12.8 Å². The molecule has 0 fully saturated rings. The number of benzene rings is 1. The Morgan fingerprint density at radius 2 is 1.74 bits per heavy atom.